The number of nitrogens with zero attached hydrogens (tertiary/aromatic N) is 1. The maximum absolute atomic E-state index is 13.7. The van der Waals surface area contributed by atoms with E-state index in [1.54, 1.807) is 23.1 Å². The number of amides is 2. The number of likely N-dealkylation sites (tertiary alicyclic amines) is 1. The lowest BCUT2D eigenvalue weighted by Crippen LogP contribution is -2.49. The molecule has 2 rings (SSSR count). The lowest BCUT2D eigenvalue weighted by Gasteiger charge is -2.38. The van der Waals surface area contributed by atoms with Gasteiger partial charge in [-0.25, -0.2) is 4.79 Å². The minimum atomic E-state index is -2.12. The van der Waals surface area contributed by atoms with Crippen molar-refractivity contribution in [1.29, 1.82) is 0 Å². The Morgan fingerprint density at radius 1 is 0.978 bits per heavy atom. The van der Waals surface area contributed by atoms with E-state index in [0.717, 1.165) is 70.6 Å². The largest absolute Gasteiger partial charge is 0.467 e. The summed E-state index contributed by atoms with van der Waals surface area (Å²) in [5, 5.41) is -0.00469. The van der Waals surface area contributed by atoms with Gasteiger partial charge in [0.25, 0.3) is 5.91 Å². The number of ether oxygens (including phenoxy) is 3. The molecule has 0 unspecified atom stereocenters. The Hall–Kier alpha value is -2.43. The Balaban J connectivity index is 2.02. The molecule has 3 atom stereocenters. The Morgan fingerprint density at radius 3 is 2.24 bits per heavy atom. The van der Waals surface area contributed by atoms with E-state index in [1.165, 1.54) is 7.11 Å². The highest BCUT2D eigenvalue weighted by atomic mass is 28.4. The van der Waals surface area contributed by atoms with Crippen molar-refractivity contribution in [2.24, 2.45) is 5.73 Å². The van der Waals surface area contributed by atoms with E-state index in [0.29, 0.717) is 30.7 Å². The van der Waals surface area contributed by atoms with Crippen LogP contribution in [-0.4, -0.2) is 69.7 Å². The first-order chi connectivity index (χ1) is 21.3. The molecule has 2 amide bonds. The fraction of sp³-hybridized carbons (Fsp3) is 0.743. The van der Waals surface area contributed by atoms with Crippen molar-refractivity contribution in [2.45, 2.75) is 148 Å². The molecule has 0 spiro atoms. The molecule has 1 aromatic carbocycles. The number of para-hydroxylation sites is 1. The molecule has 1 fully saturated rings. The third-order valence-corrected chi connectivity index (χ3v) is 13.7. The summed E-state index contributed by atoms with van der Waals surface area (Å²) in [7, 11) is -0.588. The van der Waals surface area contributed by atoms with Gasteiger partial charge < -0.3 is 29.3 Å². The molecule has 256 valence electrons. The van der Waals surface area contributed by atoms with Gasteiger partial charge >= 0.3 is 5.97 Å². The van der Waals surface area contributed by atoms with Crippen LogP contribution in [0.4, 0.5) is 0 Å². The first-order valence-electron chi connectivity index (χ1n) is 17.0. The minimum absolute atomic E-state index is 0.00469. The fourth-order valence-electron chi connectivity index (χ4n) is 5.44. The lowest BCUT2D eigenvalue weighted by atomic mass is 9.99. The predicted molar refractivity (Wildman–Crippen MR) is 181 cm³/mol. The second kappa shape index (κ2) is 19.3. The van der Waals surface area contributed by atoms with Crippen molar-refractivity contribution >= 4 is 26.1 Å². The van der Waals surface area contributed by atoms with Gasteiger partial charge in [0, 0.05) is 13.7 Å². The summed E-state index contributed by atoms with van der Waals surface area (Å²) >= 11 is 0. The van der Waals surface area contributed by atoms with Gasteiger partial charge in [-0.3, -0.25) is 9.59 Å². The summed E-state index contributed by atoms with van der Waals surface area (Å²) in [5.41, 5.74) is 6.13. The van der Waals surface area contributed by atoms with Crippen LogP contribution in [0.3, 0.4) is 0 Å². The highest BCUT2D eigenvalue weighted by molar-refractivity contribution is 6.74. The fourth-order valence-corrected chi connectivity index (χ4v) is 6.74. The smallest absolute Gasteiger partial charge is 0.329 e. The molecule has 0 bridgehead atoms. The molecule has 1 aromatic rings. The zero-order valence-electron chi connectivity index (χ0n) is 29.0. The summed E-state index contributed by atoms with van der Waals surface area (Å²) in [5.74, 6) is -0.520. The van der Waals surface area contributed by atoms with Crippen molar-refractivity contribution in [3.05, 3.63) is 29.8 Å². The quantitative estimate of drug-likeness (QED) is 0.0679. The highest BCUT2D eigenvalue weighted by Gasteiger charge is 2.40. The van der Waals surface area contributed by atoms with Crippen LogP contribution in [0.5, 0.6) is 5.75 Å². The number of piperidine rings is 1. The predicted octanol–water partition coefficient (Wildman–Crippen LogP) is 7.37. The Labute approximate surface area is 273 Å². The lowest BCUT2D eigenvalue weighted by molar-refractivity contribution is -0.156. The molecule has 0 saturated carbocycles. The molecule has 1 aliphatic heterocycles. The van der Waals surface area contributed by atoms with Gasteiger partial charge in [-0.05, 0) is 81.6 Å². The number of nitrogens with two attached hydrogens (primary N) is 1. The number of esters is 1. The molecular weight excluding hydrogens is 588 g/mol. The van der Waals surface area contributed by atoms with E-state index in [4.69, 9.17) is 24.4 Å². The summed E-state index contributed by atoms with van der Waals surface area (Å²) in [6.45, 7) is 13.4. The average molecular weight is 649 g/mol. The number of carbonyl (C=O) groups is 3. The van der Waals surface area contributed by atoms with Crippen LogP contribution in [0.2, 0.25) is 18.1 Å². The van der Waals surface area contributed by atoms with Gasteiger partial charge in [0.2, 0.25) is 5.91 Å². The monoisotopic (exact) mass is 648 g/mol. The molecule has 45 heavy (non-hydrogen) atoms. The van der Waals surface area contributed by atoms with Crippen LogP contribution in [0.1, 0.15) is 122 Å². The molecule has 2 N–H and O–H groups in total. The summed E-state index contributed by atoms with van der Waals surface area (Å²) in [6.07, 6.45) is 10.6. The minimum Gasteiger partial charge on any atom is -0.467 e. The maximum atomic E-state index is 13.7. The van der Waals surface area contributed by atoms with Gasteiger partial charge in [-0.15, -0.1) is 0 Å². The average Bonchev–Trinajstić information content (AvgIpc) is 3.00. The Kier molecular flexibility index (Phi) is 16.6. The number of hydrogen-bond acceptors (Lipinski definition) is 7. The van der Waals surface area contributed by atoms with E-state index >= 15 is 0 Å². The standard InChI is InChI=1S/C35H60N2O7Si/c1-8-9-10-12-19-27(20-13-11-14-24-31(32(36)38)44-45(6,7)35(2,3)4)43-34(40)29-22-17-18-25-37(29)33(39)28-21-15-16-23-30(28)42-26-41-5/h15-16,21,23,27,29,31H,8-14,17-20,22,24-26H2,1-7H3,(H2,36,38)/t27-,29+,31-/m1/s1. The summed E-state index contributed by atoms with van der Waals surface area (Å²) < 4.78 is 23.2. The maximum Gasteiger partial charge on any atom is 0.329 e. The van der Waals surface area contributed by atoms with Crippen molar-refractivity contribution < 1.29 is 33.0 Å². The van der Waals surface area contributed by atoms with Crippen LogP contribution in [0, 0.1) is 0 Å². The molecule has 0 aliphatic carbocycles. The molecule has 0 radical (unpaired) electrons. The number of benzene rings is 1. The van der Waals surface area contributed by atoms with Crippen LogP contribution in [0.25, 0.3) is 0 Å². The van der Waals surface area contributed by atoms with Crippen LogP contribution in [-0.2, 0) is 23.5 Å². The molecular formula is C35H60N2O7Si. The summed E-state index contributed by atoms with van der Waals surface area (Å²) in [6, 6.07) is 6.44. The van der Waals surface area contributed by atoms with Crippen molar-refractivity contribution in [3.8, 4) is 5.75 Å². The van der Waals surface area contributed by atoms with Crippen molar-refractivity contribution in [2.75, 3.05) is 20.4 Å². The topological polar surface area (TPSA) is 117 Å². The van der Waals surface area contributed by atoms with Gasteiger partial charge in [-0.2, -0.15) is 0 Å². The number of rotatable bonds is 20. The third-order valence-electron chi connectivity index (χ3n) is 9.20. The molecule has 1 aliphatic rings. The van der Waals surface area contributed by atoms with Gasteiger partial charge in [0.05, 0.1) is 5.56 Å². The van der Waals surface area contributed by atoms with Gasteiger partial charge in [0.1, 0.15) is 24.0 Å². The summed E-state index contributed by atoms with van der Waals surface area (Å²) in [4.78, 5) is 41.1. The van der Waals surface area contributed by atoms with Gasteiger partial charge in [-0.1, -0.05) is 71.9 Å². The first-order valence-corrected chi connectivity index (χ1v) is 19.9. The number of hydrogen-bond donors (Lipinski definition) is 1. The second-order valence-corrected chi connectivity index (χ2v) is 18.6. The number of carbonyl (C=O) groups excluding carboxylic acids is 3. The van der Waals surface area contributed by atoms with E-state index in [-0.39, 0.29) is 29.8 Å². The third kappa shape index (κ3) is 12.7. The molecule has 9 nitrogen and oxygen atoms in total. The normalized spacial score (nSPS) is 17.0. The van der Waals surface area contributed by atoms with E-state index < -0.39 is 26.4 Å². The van der Waals surface area contributed by atoms with Crippen molar-refractivity contribution in [1.82, 2.24) is 4.90 Å². The second-order valence-electron chi connectivity index (χ2n) is 13.9. The highest BCUT2D eigenvalue weighted by Crippen LogP contribution is 2.38. The van der Waals surface area contributed by atoms with Crippen molar-refractivity contribution in [3.63, 3.8) is 0 Å². The van der Waals surface area contributed by atoms with Crippen LogP contribution >= 0.6 is 0 Å². The van der Waals surface area contributed by atoms with E-state index in [1.807, 2.05) is 6.07 Å². The zero-order valence-corrected chi connectivity index (χ0v) is 30.0. The van der Waals surface area contributed by atoms with Crippen LogP contribution in [0.15, 0.2) is 24.3 Å². The molecule has 10 heteroatoms. The number of primary amides is 1. The SMILES string of the molecule is CCCCCC[C@H](CCCCC[C@@H](O[Si](C)(C)C(C)(C)C)C(N)=O)OC(=O)[C@@H]1CCCCN1C(=O)c1ccccc1OCOC. The molecule has 0 aromatic heterocycles. The molecule has 1 saturated heterocycles. The number of methoxy groups -OCH3 is 1. The number of unbranched alkanes of at least 4 members (excludes halogenated alkanes) is 5. The van der Waals surface area contributed by atoms with Crippen LogP contribution < -0.4 is 10.5 Å². The Morgan fingerprint density at radius 2 is 1.62 bits per heavy atom. The van der Waals surface area contributed by atoms with E-state index in [2.05, 4.69) is 40.8 Å². The Bertz CT molecular complexity index is 1060. The van der Waals surface area contributed by atoms with Gasteiger partial charge in [0.15, 0.2) is 15.1 Å². The zero-order chi connectivity index (χ0) is 33.5. The molecule has 1 heterocycles. The first kappa shape index (κ1) is 38.7. The van der Waals surface area contributed by atoms with E-state index in [9.17, 15) is 14.4 Å².